The summed E-state index contributed by atoms with van der Waals surface area (Å²) in [7, 11) is 0. The number of carbonyl (C=O) groups excluding carboxylic acids is 1. The van der Waals surface area contributed by atoms with Crippen LogP contribution in [0.15, 0.2) is 30.3 Å². The monoisotopic (exact) mass is 191 g/mol. The topological polar surface area (TPSA) is 43.1 Å². The molecule has 2 N–H and O–H groups in total. The first-order valence-electron chi connectivity index (χ1n) is 4.78. The second-order valence-electron chi connectivity index (χ2n) is 4.50. The molecule has 0 bridgehead atoms. The van der Waals surface area contributed by atoms with E-state index in [0.29, 0.717) is 0 Å². The van der Waals surface area contributed by atoms with Gasteiger partial charge in [-0.05, 0) is 5.56 Å². The molecule has 1 aromatic rings. The lowest BCUT2D eigenvalue weighted by Gasteiger charge is -2.21. The first-order chi connectivity index (χ1) is 6.43. The Balaban J connectivity index is 2.87. The molecule has 0 amide bonds. The summed E-state index contributed by atoms with van der Waals surface area (Å²) < 4.78 is 0. The average molecular weight is 191 g/mol. The molecule has 0 saturated heterocycles. The number of nitrogens with two attached hydrogens (primary N) is 1. The van der Waals surface area contributed by atoms with E-state index in [4.69, 9.17) is 5.73 Å². The number of carbonyl (C=O) groups is 1. The maximum Gasteiger partial charge on any atom is 0.159 e. The molecule has 0 aliphatic carbocycles. The van der Waals surface area contributed by atoms with Crippen LogP contribution >= 0.6 is 0 Å². The van der Waals surface area contributed by atoms with Gasteiger partial charge in [0, 0.05) is 5.41 Å². The minimum atomic E-state index is -0.504. The van der Waals surface area contributed by atoms with Crippen molar-refractivity contribution < 1.29 is 4.79 Å². The van der Waals surface area contributed by atoms with Crippen molar-refractivity contribution in [1.29, 1.82) is 0 Å². The van der Waals surface area contributed by atoms with Gasteiger partial charge in [-0.3, -0.25) is 4.79 Å². The Kier molecular flexibility index (Phi) is 3.06. The minimum Gasteiger partial charge on any atom is -0.318 e. The first-order valence-corrected chi connectivity index (χ1v) is 4.78. The number of hydrogen-bond donors (Lipinski definition) is 1. The molecule has 0 aliphatic rings. The molecule has 0 aromatic heterocycles. The van der Waals surface area contributed by atoms with Crippen LogP contribution in [-0.4, -0.2) is 5.78 Å². The zero-order valence-electron chi connectivity index (χ0n) is 8.95. The predicted molar refractivity (Wildman–Crippen MR) is 57.8 cm³/mol. The van der Waals surface area contributed by atoms with Crippen molar-refractivity contribution in [3.63, 3.8) is 0 Å². The summed E-state index contributed by atoms with van der Waals surface area (Å²) in [6.45, 7) is 5.66. The van der Waals surface area contributed by atoms with Crippen molar-refractivity contribution in [2.75, 3.05) is 0 Å². The fourth-order valence-electron chi connectivity index (χ4n) is 1.28. The Bertz CT molecular complexity index is 311. The Morgan fingerprint density at radius 1 is 1.21 bits per heavy atom. The standard InChI is InChI=1S/C12H17NO/c1-12(2,3)11(14)10(13)9-7-5-4-6-8-9/h4-8,10H,13H2,1-3H3. The van der Waals surface area contributed by atoms with Crippen LogP contribution < -0.4 is 5.73 Å². The molecule has 14 heavy (non-hydrogen) atoms. The third-order valence-corrected chi connectivity index (χ3v) is 2.18. The summed E-state index contributed by atoms with van der Waals surface area (Å²) in [5.41, 5.74) is 6.38. The van der Waals surface area contributed by atoms with Gasteiger partial charge in [0.1, 0.15) is 0 Å². The van der Waals surface area contributed by atoms with E-state index in [9.17, 15) is 4.79 Å². The number of hydrogen-bond acceptors (Lipinski definition) is 2. The number of benzene rings is 1. The maximum atomic E-state index is 11.8. The molecular formula is C12H17NO. The zero-order chi connectivity index (χ0) is 10.8. The van der Waals surface area contributed by atoms with Gasteiger partial charge >= 0.3 is 0 Å². The van der Waals surface area contributed by atoms with Crippen molar-refractivity contribution in [2.45, 2.75) is 26.8 Å². The summed E-state index contributed by atoms with van der Waals surface area (Å²) >= 11 is 0. The lowest BCUT2D eigenvalue weighted by molar-refractivity contribution is -0.127. The minimum absolute atomic E-state index is 0.0729. The average Bonchev–Trinajstić information content (AvgIpc) is 2.15. The van der Waals surface area contributed by atoms with Crippen LogP contribution in [0.25, 0.3) is 0 Å². The van der Waals surface area contributed by atoms with Crippen LogP contribution in [0, 0.1) is 5.41 Å². The Morgan fingerprint density at radius 2 is 1.71 bits per heavy atom. The number of Topliss-reactive ketones (excluding diaryl/α,β-unsaturated/α-hetero) is 1. The Morgan fingerprint density at radius 3 is 2.14 bits per heavy atom. The summed E-state index contributed by atoms with van der Waals surface area (Å²) in [6.07, 6.45) is 0. The highest BCUT2D eigenvalue weighted by Crippen LogP contribution is 2.23. The van der Waals surface area contributed by atoms with Crippen molar-refractivity contribution in [2.24, 2.45) is 11.1 Å². The molecule has 1 unspecified atom stereocenters. The van der Waals surface area contributed by atoms with Crippen LogP contribution in [0.5, 0.6) is 0 Å². The molecule has 0 fully saturated rings. The fourth-order valence-corrected chi connectivity index (χ4v) is 1.28. The van der Waals surface area contributed by atoms with E-state index in [0.717, 1.165) is 5.56 Å². The molecule has 0 spiro atoms. The van der Waals surface area contributed by atoms with Gasteiger partial charge in [-0.2, -0.15) is 0 Å². The molecule has 0 saturated carbocycles. The molecule has 1 rings (SSSR count). The molecular weight excluding hydrogens is 174 g/mol. The van der Waals surface area contributed by atoms with Crippen LogP contribution in [-0.2, 0) is 4.79 Å². The molecule has 0 aliphatic heterocycles. The highest BCUT2D eigenvalue weighted by Gasteiger charge is 2.27. The van der Waals surface area contributed by atoms with Gasteiger partial charge in [0.25, 0.3) is 0 Å². The van der Waals surface area contributed by atoms with Gasteiger partial charge in [0.05, 0.1) is 6.04 Å². The van der Waals surface area contributed by atoms with Crippen molar-refractivity contribution in [3.8, 4) is 0 Å². The van der Waals surface area contributed by atoms with E-state index < -0.39 is 6.04 Å². The lowest BCUT2D eigenvalue weighted by Crippen LogP contribution is -2.31. The van der Waals surface area contributed by atoms with E-state index in [1.54, 1.807) is 0 Å². The first kappa shape index (κ1) is 10.9. The van der Waals surface area contributed by atoms with Crippen LogP contribution in [0.1, 0.15) is 32.4 Å². The summed E-state index contributed by atoms with van der Waals surface area (Å²) in [4.78, 5) is 11.8. The van der Waals surface area contributed by atoms with Gasteiger partial charge in [-0.1, -0.05) is 51.1 Å². The number of rotatable bonds is 2. The molecule has 1 aromatic carbocycles. The molecule has 0 heterocycles. The predicted octanol–water partition coefficient (Wildman–Crippen LogP) is 2.30. The maximum absolute atomic E-state index is 11.8. The van der Waals surface area contributed by atoms with Crippen molar-refractivity contribution in [3.05, 3.63) is 35.9 Å². The Labute approximate surface area is 85.1 Å². The van der Waals surface area contributed by atoms with Crippen molar-refractivity contribution in [1.82, 2.24) is 0 Å². The molecule has 2 heteroatoms. The van der Waals surface area contributed by atoms with E-state index in [-0.39, 0.29) is 11.2 Å². The smallest absolute Gasteiger partial charge is 0.159 e. The SMILES string of the molecule is CC(C)(C)C(=O)C(N)c1ccccc1. The second-order valence-corrected chi connectivity index (χ2v) is 4.50. The Hall–Kier alpha value is -1.15. The molecule has 1 atom stereocenters. The fraction of sp³-hybridized carbons (Fsp3) is 0.417. The molecule has 0 radical (unpaired) electrons. The van der Waals surface area contributed by atoms with Gasteiger partial charge in [0.15, 0.2) is 5.78 Å². The lowest BCUT2D eigenvalue weighted by atomic mass is 9.84. The quantitative estimate of drug-likeness (QED) is 0.779. The highest BCUT2D eigenvalue weighted by atomic mass is 16.1. The van der Waals surface area contributed by atoms with Gasteiger partial charge in [-0.25, -0.2) is 0 Å². The van der Waals surface area contributed by atoms with Crippen molar-refractivity contribution >= 4 is 5.78 Å². The normalized spacial score (nSPS) is 13.7. The largest absolute Gasteiger partial charge is 0.318 e. The zero-order valence-corrected chi connectivity index (χ0v) is 8.95. The highest BCUT2D eigenvalue weighted by molar-refractivity contribution is 5.89. The van der Waals surface area contributed by atoms with Crippen LogP contribution in [0.2, 0.25) is 0 Å². The van der Waals surface area contributed by atoms with Crippen LogP contribution in [0.4, 0.5) is 0 Å². The van der Waals surface area contributed by atoms with Gasteiger partial charge < -0.3 is 5.73 Å². The summed E-state index contributed by atoms with van der Waals surface area (Å²) in [5, 5.41) is 0. The number of ketones is 1. The third-order valence-electron chi connectivity index (χ3n) is 2.18. The summed E-state index contributed by atoms with van der Waals surface area (Å²) in [5.74, 6) is 0.0729. The summed E-state index contributed by atoms with van der Waals surface area (Å²) in [6, 6.07) is 8.97. The van der Waals surface area contributed by atoms with Crippen LogP contribution in [0.3, 0.4) is 0 Å². The van der Waals surface area contributed by atoms with Gasteiger partial charge in [0.2, 0.25) is 0 Å². The third kappa shape index (κ3) is 2.42. The molecule has 2 nitrogen and oxygen atoms in total. The van der Waals surface area contributed by atoms with Gasteiger partial charge in [-0.15, -0.1) is 0 Å². The van der Waals surface area contributed by atoms with E-state index in [1.807, 2.05) is 51.1 Å². The van der Waals surface area contributed by atoms with E-state index in [2.05, 4.69) is 0 Å². The van der Waals surface area contributed by atoms with E-state index in [1.165, 1.54) is 0 Å². The van der Waals surface area contributed by atoms with E-state index >= 15 is 0 Å². The molecule has 76 valence electrons. The second kappa shape index (κ2) is 3.93.